The van der Waals surface area contributed by atoms with Gasteiger partial charge in [-0.25, -0.2) is 0 Å². The van der Waals surface area contributed by atoms with Crippen molar-refractivity contribution in [1.82, 2.24) is 0 Å². The number of fused-ring (bicyclic) bond motifs is 2. The molecule has 1 unspecified atom stereocenters. The highest BCUT2D eigenvalue weighted by molar-refractivity contribution is 5.44. The SMILES string of the molecule is CC(N)CC1c2ccccc2CCc2ccccc21. The first-order valence-electron chi connectivity index (χ1n) is 7.17. The van der Waals surface area contributed by atoms with E-state index >= 15 is 0 Å². The molecule has 98 valence electrons. The summed E-state index contributed by atoms with van der Waals surface area (Å²) in [6.45, 7) is 2.11. The molecule has 0 aromatic heterocycles. The quantitative estimate of drug-likeness (QED) is 0.866. The number of hydrogen-bond acceptors (Lipinski definition) is 1. The summed E-state index contributed by atoms with van der Waals surface area (Å²) < 4.78 is 0. The maximum atomic E-state index is 6.09. The van der Waals surface area contributed by atoms with Gasteiger partial charge in [0.1, 0.15) is 0 Å². The van der Waals surface area contributed by atoms with E-state index in [1.807, 2.05) is 0 Å². The van der Waals surface area contributed by atoms with Gasteiger partial charge in [-0.3, -0.25) is 0 Å². The molecule has 0 amide bonds. The van der Waals surface area contributed by atoms with Crippen LogP contribution < -0.4 is 5.73 Å². The van der Waals surface area contributed by atoms with Gasteiger partial charge in [-0.2, -0.15) is 0 Å². The van der Waals surface area contributed by atoms with E-state index in [0.717, 1.165) is 19.3 Å². The normalized spacial score (nSPS) is 16.3. The van der Waals surface area contributed by atoms with Crippen LogP contribution in [0.15, 0.2) is 48.5 Å². The third-order valence-electron chi connectivity index (χ3n) is 4.13. The molecule has 3 rings (SSSR count). The molecule has 1 aliphatic carbocycles. The highest BCUT2D eigenvalue weighted by atomic mass is 14.6. The number of aryl methyl sites for hydroxylation is 2. The molecule has 0 bridgehead atoms. The molecule has 0 saturated heterocycles. The summed E-state index contributed by atoms with van der Waals surface area (Å²) in [5, 5.41) is 0. The summed E-state index contributed by atoms with van der Waals surface area (Å²) in [4.78, 5) is 0. The zero-order valence-corrected chi connectivity index (χ0v) is 11.5. The van der Waals surface area contributed by atoms with Crippen LogP contribution in [0.5, 0.6) is 0 Å². The summed E-state index contributed by atoms with van der Waals surface area (Å²) in [6.07, 6.45) is 3.30. The second-order valence-corrected chi connectivity index (χ2v) is 5.66. The van der Waals surface area contributed by atoms with Gasteiger partial charge in [0.2, 0.25) is 0 Å². The monoisotopic (exact) mass is 251 g/mol. The van der Waals surface area contributed by atoms with Crippen LogP contribution in [0.25, 0.3) is 0 Å². The van der Waals surface area contributed by atoms with Crippen molar-refractivity contribution in [2.24, 2.45) is 5.73 Å². The molecule has 0 spiro atoms. The van der Waals surface area contributed by atoms with Crippen LogP contribution in [0, 0.1) is 0 Å². The predicted molar refractivity (Wildman–Crippen MR) is 80.4 cm³/mol. The molecule has 1 heteroatoms. The lowest BCUT2D eigenvalue weighted by molar-refractivity contribution is 0.607. The highest BCUT2D eigenvalue weighted by Crippen LogP contribution is 2.36. The van der Waals surface area contributed by atoms with E-state index in [2.05, 4.69) is 55.5 Å². The van der Waals surface area contributed by atoms with Crippen molar-refractivity contribution in [3.05, 3.63) is 70.8 Å². The molecule has 1 aliphatic rings. The van der Waals surface area contributed by atoms with E-state index < -0.39 is 0 Å². The predicted octanol–water partition coefficient (Wildman–Crippen LogP) is 3.65. The molecule has 2 N–H and O–H groups in total. The Balaban J connectivity index is 2.13. The molecule has 0 saturated carbocycles. The van der Waals surface area contributed by atoms with Crippen molar-refractivity contribution in [3.8, 4) is 0 Å². The molecular formula is C18H21N. The zero-order chi connectivity index (χ0) is 13.2. The van der Waals surface area contributed by atoms with Crippen molar-refractivity contribution >= 4 is 0 Å². The number of hydrogen-bond donors (Lipinski definition) is 1. The summed E-state index contributed by atoms with van der Waals surface area (Å²) in [6, 6.07) is 17.9. The molecule has 19 heavy (non-hydrogen) atoms. The number of benzene rings is 2. The molecule has 0 heterocycles. The standard InChI is InChI=1S/C18H21N/c1-13(19)12-18-16-8-4-2-6-14(16)10-11-15-7-3-5-9-17(15)18/h2-9,13,18H,10-12,19H2,1H3. The second kappa shape index (κ2) is 5.18. The average molecular weight is 251 g/mol. The van der Waals surface area contributed by atoms with Crippen LogP contribution in [0.2, 0.25) is 0 Å². The summed E-state index contributed by atoms with van der Waals surface area (Å²) in [5.74, 6) is 0.454. The Morgan fingerprint density at radius 3 is 1.89 bits per heavy atom. The van der Waals surface area contributed by atoms with E-state index in [4.69, 9.17) is 5.73 Å². The Morgan fingerprint density at radius 2 is 1.42 bits per heavy atom. The van der Waals surface area contributed by atoms with Crippen molar-refractivity contribution in [1.29, 1.82) is 0 Å². The van der Waals surface area contributed by atoms with Gasteiger partial charge < -0.3 is 5.73 Å². The fourth-order valence-corrected chi connectivity index (χ4v) is 3.27. The van der Waals surface area contributed by atoms with Crippen LogP contribution in [0.1, 0.15) is 41.5 Å². The highest BCUT2D eigenvalue weighted by Gasteiger charge is 2.23. The van der Waals surface area contributed by atoms with Crippen LogP contribution in [-0.2, 0) is 12.8 Å². The molecule has 0 aliphatic heterocycles. The fourth-order valence-electron chi connectivity index (χ4n) is 3.27. The van der Waals surface area contributed by atoms with Gasteiger partial charge in [0.05, 0.1) is 0 Å². The smallest absolute Gasteiger partial charge is 0.0109 e. The third-order valence-corrected chi connectivity index (χ3v) is 4.13. The van der Waals surface area contributed by atoms with Gasteiger partial charge in [-0.1, -0.05) is 48.5 Å². The first-order chi connectivity index (χ1) is 9.25. The Kier molecular flexibility index (Phi) is 3.39. The topological polar surface area (TPSA) is 26.0 Å². The minimum absolute atomic E-state index is 0.226. The van der Waals surface area contributed by atoms with Gasteiger partial charge >= 0.3 is 0 Å². The number of nitrogens with two attached hydrogens (primary N) is 1. The summed E-state index contributed by atoms with van der Waals surface area (Å²) >= 11 is 0. The minimum Gasteiger partial charge on any atom is -0.328 e. The van der Waals surface area contributed by atoms with Gasteiger partial charge in [-0.05, 0) is 48.4 Å². The van der Waals surface area contributed by atoms with Crippen molar-refractivity contribution in [2.75, 3.05) is 0 Å². The van der Waals surface area contributed by atoms with Crippen LogP contribution in [0.3, 0.4) is 0 Å². The van der Waals surface area contributed by atoms with E-state index in [-0.39, 0.29) is 6.04 Å². The molecule has 2 aromatic rings. The molecular weight excluding hydrogens is 230 g/mol. The van der Waals surface area contributed by atoms with E-state index in [1.54, 1.807) is 0 Å². The van der Waals surface area contributed by atoms with Gasteiger partial charge in [0.15, 0.2) is 0 Å². The molecule has 0 radical (unpaired) electrons. The summed E-state index contributed by atoms with van der Waals surface area (Å²) in [7, 11) is 0. The van der Waals surface area contributed by atoms with Crippen molar-refractivity contribution in [2.45, 2.75) is 38.1 Å². The molecule has 0 fully saturated rings. The average Bonchev–Trinajstić information content (AvgIpc) is 2.57. The minimum atomic E-state index is 0.226. The largest absolute Gasteiger partial charge is 0.328 e. The summed E-state index contributed by atoms with van der Waals surface area (Å²) in [5.41, 5.74) is 12.0. The lowest BCUT2D eigenvalue weighted by Gasteiger charge is -2.22. The van der Waals surface area contributed by atoms with Crippen LogP contribution in [-0.4, -0.2) is 6.04 Å². The second-order valence-electron chi connectivity index (χ2n) is 5.66. The first-order valence-corrected chi connectivity index (χ1v) is 7.17. The molecule has 2 aromatic carbocycles. The maximum Gasteiger partial charge on any atom is 0.0109 e. The van der Waals surface area contributed by atoms with Crippen molar-refractivity contribution in [3.63, 3.8) is 0 Å². The van der Waals surface area contributed by atoms with Gasteiger partial charge in [0, 0.05) is 12.0 Å². The maximum absolute atomic E-state index is 6.09. The van der Waals surface area contributed by atoms with E-state index in [9.17, 15) is 0 Å². The Morgan fingerprint density at radius 1 is 0.947 bits per heavy atom. The first kappa shape index (κ1) is 12.4. The van der Waals surface area contributed by atoms with Gasteiger partial charge in [-0.15, -0.1) is 0 Å². The number of rotatable bonds is 2. The lowest BCUT2D eigenvalue weighted by atomic mass is 9.84. The Hall–Kier alpha value is -1.60. The fraction of sp³-hybridized carbons (Fsp3) is 0.333. The Bertz CT molecular complexity index is 524. The third kappa shape index (κ3) is 2.43. The van der Waals surface area contributed by atoms with E-state index in [1.165, 1.54) is 22.3 Å². The zero-order valence-electron chi connectivity index (χ0n) is 11.5. The Labute approximate surface area is 115 Å². The van der Waals surface area contributed by atoms with Crippen LogP contribution in [0.4, 0.5) is 0 Å². The molecule has 1 nitrogen and oxygen atoms in total. The lowest BCUT2D eigenvalue weighted by Crippen LogP contribution is -2.20. The van der Waals surface area contributed by atoms with Crippen LogP contribution >= 0.6 is 0 Å². The van der Waals surface area contributed by atoms with E-state index in [0.29, 0.717) is 5.92 Å². The molecule has 1 atom stereocenters. The van der Waals surface area contributed by atoms with Crippen molar-refractivity contribution < 1.29 is 0 Å². The van der Waals surface area contributed by atoms with Gasteiger partial charge in [0.25, 0.3) is 0 Å².